The maximum atomic E-state index is 6.18. The van der Waals surface area contributed by atoms with Gasteiger partial charge in [0.2, 0.25) is 0 Å². The number of halogens is 1. The molecule has 1 aliphatic heterocycles. The lowest BCUT2D eigenvalue weighted by Crippen LogP contribution is -2.12. The highest BCUT2D eigenvalue weighted by Gasteiger charge is 2.24. The molecule has 0 amide bonds. The van der Waals surface area contributed by atoms with Gasteiger partial charge < -0.3 is 5.32 Å². The molecule has 0 saturated heterocycles. The zero-order chi connectivity index (χ0) is 11.0. The molecule has 0 radical (unpaired) electrons. The van der Waals surface area contributed by atoms with Crippen molar-refractivity contribution in [2.75, 3.05) is 0 Å². The molecule has 0 aliphatic carbocycles. The van der Waals surface area contributed by atoms with E-state index in [0.717, 1.165) is 11.6 Å². The lowest BCUT2D eigenvalue weighted by Gasteiger charge is -2.12. The summed E-state index contributed by atoms with van der Waals surface area (Å²) in [4.78, 5) is 0. The fraction of sp³-hybridized carbons (Fsp3) is 0.143. The molecule has 0 spiro atoms. The topological polar surface area (TPSA) is 12.0 Å². The summed E-state index contributed by atoms with van der Waals surface area (Å²) in [6.07, 6.45) is 0. The van der Waals surface area contributed by atoms with Crippen LogP contribution in [-0.2, 0) is 6.54 Å². The average Bonchev–Trinajstić information content (AvgIpc) is 2.75. The highest BCUT2D eigenvalue weighted by molar-refractivity contribution is 6.31. The molecule has 0 fully saturated rings. The second-order valence-corrected chi connectivity index (χ2v) is 4.44. The van der Waals surface area contributed by atoms with Gasteiger partial charge in [0.1, 0.15) is 0 Å². The van der Waals surface area contributed by atoms with E-state index in [2.05, 4.69) is 35.6 Å². The van der Waals surface area contributed by atoms with Crippen molar-refractivity contribution in [2.24, 2.45) is 0 Å². The quantitative estimate of drug-likeness (QED) is 0.789. The van der Waals surface area contributed by atoms with Crippen molar-refractivity contribution in [2.45, 2.75) is 12.6 Å². The van der Waals surface area contributed by atoms with Gasteiger partial charge in [-0.25, -0.2) is 0 Å². The SMILES string of the molecule is Clc1cccc2c1CNC2c1ccccc1. The first-order chi connectivity index (χ1) is 7.86. The van der Waals surface area contributed by atoms with Gasteiger partial charge in [0.25, 0.3) is 0 Å². The van der Waals surface area contributed by atoms with Crippen molar-refractivity contribution >= 4 is 11.6 Å². The van der Waals surface area contributed by atoms with Gasteiger partial charge in [-0.3, -0.25) is 0 Å². The Morgan fingerprint density at radius 1 is 1.00 bits per heavy atom. The first-order valence-corrected chi connectivity index (χ1v) is 5.79. The van der Waals surface area contributed by atoms with Crippen LogP contribution in [0.5, 0.6) is 0 Å². The normalized spacial score (nSPS) is 18.4. The van der Waals surface area contributed by atoms with Crippen LogP contribution < -0.4 is 5.32 Å². The Bertz CT molecular complexity index is 507. The molecule has 0 bridgehead atoms. The molecule has 1 heterocycles. The molecule has 2 heteroatoms. The minimum Gasteiger partial charge on any atom is -0.302 e. The van der Waals surface area contributed by atoms with Gasteiger partial charge >= 0.3 is 0 Å². The largest absolute Gasteiger partial charge is 0.302 e. The van der Waals surface area contributed by atoms with Crippen LogP contribution in [0.15, 0.2) is 48.5 Å². The molecular formula is C14H12ClN. The molecule has 80 valence electrons. The Labute approximate surface area is 100 Å². The zero-order valence-electron chi connectivity index (χ0n) is 8.78. The predicted octanol–water partition coefficient (Wildman–Crippen LogP) is 3.53. The Hall–Kier alpha value is -1.31. The first-order valence-electron chi connectivity index (χ1n) is 5.42. The molecule has 1 unspecified atom stereocenters. The Morgan fingerprint density at radius 2 is 1.81 bits per heavy atom. The van der Waals surface area contributed by atoms with Crippen molar-refractivity contribution < 1.29 is 0 Å². The Morgan fingerprint density at radius 3 is 2.62 bits per heavy atom. The van der Waals surface area contributed by atoms with Crippen LogP contribution in [0.4, 0.5) is 0 Å². The molecule has 1 N–H and O–H groups in total. The van der Waals surface area contributed by atoms with E-state index >= 15 is 0 Å². The monoisotopic (exact) mass is 229 g/mol. The number of rotatable bonds is 1. The number of hydrogen-bond donors (Lipinski definition) is 1. The second kappa shape index (κ2) is 3.93. The van der Waals surface area contributed by atoms with E-state index in [1.807, 2.05) is 18.2 Å². The predicted molar refractivity (Wildman–Crippen MR) is 66.6 cm³/mol. The third-order valence-electron chi connectivity index (χ3n) is 3.08. The van der Waals surface area contributed by atoms with Gasteiger partial charge in [-0.15, -0.1) is 0 Å². The minimum atomic E-state index is 0.287. The van der Waals surface area contributed by atoms with Crippen LogP contribution in [0, 0.1) is 0 Å². The lowest BCUT2D eigenvalue weighted by molar-refractivity contribution is 0.667. The summed E-state index contributed by atoms with van der Waals surface area (Å²) in [5.74, 6) is 0. The molecule has 0 aromatic heterocycles. The molecule has 1 aliphatic rings. The van der Waals surface area contributed by atoms with E-state index in [9.17, 15) is 0 Å². The smallest absolute Gasteiger partial charge is 0.0583 e. The summed E-state index contributed by atoms with van der Waals surface area (Å²) >= 11 is 6.18. The van der Waals surface area contributed by atoms with E-state index in [-0.39, 0.29) is 6.04 Å². The van der Waals surface area contributed by atoms with Gasteiger partial charge in [-0.2, -0.15) is 0 Å². The van der Waals surface area contributed by atoms with Crippen molar-refractivity contribution in [1.29, 1.82) is 0 Å². The van der Waals surface area contributed by atoms with Gasteiger partial charge in [-0.05, 0) is 22.8 Å². The van der Waals surface area contributed by atoms with Crippen LogP contribution in [0.1, 0.15) is 22.7 Å². The third kappa shape index (κ3) is 1.53. The molecule has 3 rings (SSSR count). The maximum Gasteiger partial charge on any atom is 0.0583 e. The van der Waals surface area contributed by atoms with Crippen molar-refractivity contribution in [3.63, 3.8) is 0 Å². The van der Waals surface area contributed by atoms with Crippen molar-refractivity contribution in [3.05, 3.63) is 70.2 Å². The van der Waals surface area contributed by atoms with Crippen LogP contribution in [0.25, 0.3) is 0 Å². The molecule has 2 aromatic rings. The van der Waals surface area contributed by atoms with E-state index in [1.165, 1.54) is 16.7 Å². The van der Waals surface area contributed by atoms with Crippen LogP contribution in [-0.4, -0.2) is 0 Å². The molecule has 0 saturated carbocycles. The lowest BCUT2D eigenvalue weighted by atomic mass is 9.99. The maximum absolute atomic E-state index is 6.18. The molecule has 1 atom stereocenters. The van der Waals surface area contributed by atoms with Crippen LogP contribution >= 0.6 is 11.6 Å². The van der Waals surface area contributed by atoms with Crippen molar-refractivity contribution in [1.82, 2.24) is 5.32 Å². The van der Waals surface area contributed by atoms with E-state index in [1.54, 1.807) is 0 Å². The third-order valence-corrected chi connectivity index (χ3v) is 3.44. The summed E-state index contributed by atoms with van der Waals surface area (Å²) in [7, 11) is 0. The fourth-order valence-corrected chi connectivity index (χ4v) is 2.54. The van der Waals surface area contributed by atoms with E-state index in [4.69, 9.17) is 11.6 Å². The number of fused-ring (bicyclic) bond motifs is 1. The zero-order valence-corrected chi connectivity index (χ0v) is 9.54. The van der Waals surface area contributed by atoms with E-state index in [0.29, 0.717) is 0 Å². The Balaban J connectivity index is 2.07. The van der Waals surface area contributed by atoms with Gasteiger partial charge in [-0.1, -0.05) is 54.1 Å². The van der Waals surface area contributed by atoms with E-state index < -0.39 is 0 Å². The highest BCUT2D eigenvalue weighted by atomic mass is 35.5. The summed E-state index contributed by atoms with van der Waals surface area (Å²) in [5.41, 5.74) is 3.83. The highest BCUT2D eigenvalue weighted by Crippen LogP contribution is 2.34. The summed E-state index contributed by atoms with van der Waals surface area (Å²) < 4.78 is 0. The van der Waals surface area contributed by atoms with Gasteiger partial charge in [0.05, 0.1) is 6.04 Å². The standard InChI is InChI=1S/C14H12ClN/c15-13-8-4-7-11-12(13)9-16-14(11)10-5-2-1-3-6-10/h1-8,14,16H,9H2. The Kier molecular flexibility index (Phi) is 2.43. The average molecular weight is 230 g/mol. The number of benzene rings is 2. The molecule has 2 aromatic carbocycles. The molecule has 1 nitrogen and oxygen atoms in total. The fourth-order valence-electron chi connectivity index (χ4n) is 2.29. The molecular weight excluding hydrogens is 218 g/mol. The second-order valence-electron chi connectivity index (χ2n) is 4.03. The summed E-state index contributed by atoms with van der Waals surface area (Å²) in [6, 6.07) is 16.9. The van der Waals surface area contributed by atoms with Gasteiger partial charge in [0, 0.05) is 11.6 Å². The van der Waals surface area contributed by atoms with Crippen LogP contribution in [0.3, 0.4) is 0 Å². The number of hydrogen-bond acceptors (Lipinski definition) is 1. The summed E-state index contributed by atoms with van der Waals surface area (Å²) in [5, 5.41) is 4.36. The molecule has 16 heavy (non-hydrogen) atoms. The van der Waals surface area contributed by atoms with Crippen LogP contribution in [0.2, 0.25) is 5.02 Å². The first kappa shape index (κ1) is 9.88. The summed E-state index contributed by atoms with van der Waals surface area (Å²) in [6.45, 7) is 0.856. The van der Waals surface area contributed by atoms with Gasteiger partial charge in [0.15, 0.2) is 0 Å². The minimum absolute atomic E-state index is 0.287. The van der Waals surface area contributed by atoms with Crippen molar-refractivity contribution in [3.8, 4) is 0 Å². The number of nitrogens with one attached hydrogen (secondary N) is 1.